The van der Waals surface area contributed by atoms with Gasteiger partial charge in [-0.2, -0.15) is 0 Å². The molecule has 1 aromatic heterocycles. The number of benzene rings is 2. The molecule has 5 heteroatoms. The second-order valence-corrected chi connectivity index (χ2v) is 14.1. The number of ether oxygens (including phenoxy) is 1. The third kappa shape index (κ3) is 11.4. The number of carbonyl (C=O) groups is 1. The van der Waals surface area contributed by atoms with Crippen molar-refractivity contribution >= 4 is 5.97 Å². The predicted octanol–water partition coefficient (Wildman–Crippen LogP) is 11.6. The number of aromatic nitrogens is 1. The molecule has 2 aromatic carbocycles. The highest BCUT2D eigenvalue weighted by molar-refractivity contribution is 5.83. The minimum absolute atomic E-state index is 0.0211. The minimum atomic E-state index is -0.520. The standard InChI is InChI=1S/C37H49F2NO2.C2H6/c1-10-26(22-34(41)42-37(7,8)9)21-27(24-36(4,5)6)19-20-40-33(25(2)3)23-32(28-11-15-30(38)16-12-28)35(40)29-13-17-31(39)18-14-29;1-2/h10-18,23,25-27H,1,19-22,24H2,2-9H3;1-2H3. The maximum absolute atomic E-state index is 14.0. The van der Waals surface area contributed by atoms with Crippen molar-refractivity contribution in [3.05, 3.63) is 84.6 Å². The average Bonchev–Trinajstić information content (AvgIpc) is 3.31. The van der Waals surface area contributed by atoms with Crippen LogP contribution < -0.4 is 0 Å². The molecule has 2 unspecified atom stereocenters. The molecule has 2 atom stereocenters. The molecule has 0 aliphatic heterocycles. The number of nitrogens with zero attached hydrogens (tertiary/aromatic N) is 1. The number of carbonyl (C=O) groups excluding carboxylic acids is 1. The molecule has 3 nitrogen and oxygen atoms in total. The van der Waals surface area contributed by atoms with E-state index in [0.717, 1.165) is 48.2 Å². The zero-order chi connectivity index (χ0) is 33.2. The number of esters is 1. The van der Waals surface area contributed by atoms with Crippen LogP contribution in [0.4, 0.5) is 8.78 Å². The Balaban J connectivity index is 0.00000330. The fourth-order valence-corrected chi connectivity index (χ4v) is 5.83. The summed E-state index contributed by atoms with van der Waals surface area (Å²) >= 11 is 0. The van der Waals surface area contributed by atoms with E-state index in [1.54, 1.807) is 12.1 Å². The third-order valence-electron chi connectivity index (χ3n) is 7.47. The number of halogens is 2. The second-order valence-electron chi connectivity index (χ2n) is 14.1. The highest BCUT2D eigenvalue weighted by Crippen LogP contribution is 2.39. The highest BCUT2D eigenvalue weighted by atomic mass is 19.1. The normalized spacial score (nSPS) is 13.2. The molecule has 0 radical (unpaired) electrons. The number of hydrogen-bond donors (Lipinski definition) is 0. The van der Waals surface area contributed by atoms with Crippen LogP contribution in [-0.2, 0) is 16.1 Å². The molecule has 242 valence electrons. The monoisotopic (exact) mass is 607 g/mol. The van der Waals surface area contributed by atoms with Crippen LogP contribution in [0.5, 0.6) is 0 Å². The fraction of sp³-hybridized carbons (Fsp3) is 0.513. The number of hydrogen-bond acceptors (Lipinski definition) is 2. The van der Waals surface area contributed by atoms with Gasteiger partial charge in [-0.05, 0) is 117 Å². The largest absolute Gasteiger partial charge is 0.460 e. The van der Waals surface area contributed by atoms with Crippen LogP contribution in [0.3, 0.4) is 0 Å². The van der Waals surface area contributed by atoms with E-state index in [1.807, 2.05) is 52.8 Å². The van der Waals surface area contributed by atoms with Gasteiger partial charge >= 0.3 is 5.97 Å². The molecule has 0 spiro atoms. The van der Waals surface area contributed by atoms with Crippen LogP contribution in [0.2, 0.25) is 0 Å². The molecular weight excluding hydrogens is 552 g/mol. The topological polar surface area (TPSA) is 31.2 Å². The van der Waals surface area contributed by atoms with E-state index in [2.05, 4.69) is 51.8 Å². The first-order valence-electron chi connectivity index (χ1n) is 16.2. The lowest BCUT2D eigenvalue weighted by atomic mass is 9.78. The summed E-state index contributed by atoms with van der Waals surface area (Å²) in [5.41, 5.74) is 4.63. The summed E-state index contributed by atoms with van der Waals surface area (Å²) in [4.78, 5) is 12.7. The molecule has 0 aliphatic rings. The Morgan fingerprint density at radius 2 is 1.43 bits per heavy atom. The summed E-state index contributed by atoms with van der Waals surface area (Å²) in [5.74, 6) is -0.154. The van der Waals surface area contributed by atoms with E-state index in [1.165, 1.54) is 30.0 Å². The summed E-state index contributed by atoms with van der Waals surface area (Å²) < 4.78 is 35.8. The first-order chi connectivity index (χ1) is 20.6. The Morgan fingerprint density at radius 3 is 1.89 bits per heavy atom. The van der Waals surface area contributed by atoms with Crippen LogP contribution >= 0.6 is 0 Å². The molecule has 3 aromatic rings. The van der Waals surface area contributed by atoms with E-state index in [9.17, 15) is 13.6 Å². The Kier molecular flexibility index (Phi) is 13.6. The number of allylic oxidation sites excluding steroid dienone is 1. The SMILES string of the molecule is C=CC(CC(=O)OC(C)(C)C)CC(CCn1c(C(C)C)cc(-c2ccc(F)cc2)c1-c1ccc(F)cc1)CC(C)(C)C.CC. The van der Waals surface area contributed by atoms with Gasteiger partial charge in [0.05, 0.1) is 12.1 Å². The van der Waals surface area contributed by atoms with Gasteiger partial charge in [0, 0.05) is 17.8 Å². The van der Waals surface area contributed by atoms with Crippen molar-refractivity contribution < 1.29 is 18.3 Å². The van der Waals surface area contributed by atoms with Crippen LogP contribution in [0.25, 0.3) is 22.4 Å². The van der Waals surface area contributed by atoms with Crippen molar-refractivity contribution in [3.8, 4) is 22.4 Å². The van der Waals surface area contributed by atoms with E-state index in [0.29, 0.717) is 12.3 Å². The van der Waals surface area contributed by atoms with E-state index in [4.69, 9.17) is 4.74 Å². The molecule has 1 heterocycles. The lowest BCUT2D eigenvalue weighted by Gasteiger charge is -2.29. The Bertz CT molecular complexity index is 1320. The summed E-state index contributed by atoms with van der Waals surface area (Å²) in [5, 5.41) is 0. The Hall–Kier alpha value is -3.21. The third-order valence-corrected chi connectivity index (χ3v) is 7.47. The smallest absolute Gasteiger partial charge is 0.306 e. The van der Waals surface area contributed by atoms with Crippen molar-refractivity contribution in [1.29, 1.82) is 0 Å². The van der Waals surface area contributed by atoms with Gasteiger partial charge in [-0.25, -0.2) is 8.78 Å². The predicted molar refractivity (Wildman–Crippen MR) is 182 cm³/mol. The van der Waals surface area contributed by atoms with Crippen molar-refractivity contribution in [1.82, 2.24) is 4.57 Å². The molecule has 0 saturated heterocycles. The van der Waals surface area contributed by atoms with Gasteiger partial charge in [0.2, 0.25) is 0 Å². The quantitative estimate of drug-likeness (QED) is 0.151. The Labute approximate surface area is 265 Å². The fourth-order valence-electron chi connectivity index (χ4n) is 5.83. The van der Waals surface area contributed by atoms with Crippen LogP contribution in [0.15, 0.2) is 67.3 Å². The van der Waals surface area contributed by atoms with Crippen molar-refractivity contribution in [2.24, 2.45) is 17.3 Å². The first kappa shape index (κ1) is 37.0. The Morgan fingerprint density at radius 1 is 0.909 bits per heavy atom. The lowest BCUT2D eigenvalue weighted by molar-refractivity contribution is -0.155. The molecule has 3 rings (SSSR count). The van der Waals surface area contributed by atoms with Gasteiger partial charge in [-0.1, -0.05) is 66.7 Å². The minimum Gasteiger partial charge on any atom is -0.460 e. The van der Waals surface area contributed by atoms with Gasteiger partial charge in [-0.3, -0.25) is 4.79 Å². The van der Waals surface area contributed by atoms with E-state index in [-0.39, 0.29) is 34.9 Å². The molecule has 0 N–H and O–H groups in total. The van der Waals surface area contributed by atoms with E-state index >= 15 is 0 Å². The molecule has 0 fully saturated rings. The van der Waals surface area contributed by atoms with Crippen LogP contribution in [-0.4, -0.2) is 16.1 Å². The van der Waals surface area contributed by atoms with Gasteiger partial charge in [0.15, 0.2) is 0 Å². The number of rotatable bonds is 12. The van der Waals surface area contributed by atoms with Gasteiger partial charge in [0.1, 0.15) is 17.2 Å². The van der Waals surface area contributed by atoms with Crippen molar-refractivity contribution in [3.63, 3.8) is 0 Å². The maximum Gasteiger partial charge on any atom is 0.306 e. The maximum atomic E-state index is 14.0. The van der Waals surface area contributed by atoms with Gasteiger partial charge in [-0.15, -0.1) is 6.58 Å². The molecule has 44 heavy (non-hydrogen) atoms. The molecular formula is C39H55F2NO2. The molecule has 0 bridgehead atoms. The second kappa shape index (κ2) is 16.2. The van der Waals surface area contributed by atoms with Gasteiger partial charge in [0.25, 0.3) is 0 Å². The zero-order valence-corrected chi connectivity index (χ0v) is 28.8. The van der Waals surface area contributed by atoms with Crippen LogP contribution in [0.1, 0.15) is 107 Å². The molecule has 0 saturated carbocycles. The summed E-state index contributed by atoms with van der Waals surface area (Å²) in [6.45, 7) is 25.6. The molecule has 0 amide bonds. The van der Waals surface area contributed by atoms with E-state index < -0.39 is 5.60 Å². The first-order valence-corrected chi connectivity index (χ1v) is 16.2. The van der Waals surface area contributed by atoms with Gasteiger partial charge < -0.3 is 9.30 Å². The highest BCUT2D eigenvalue weighted by Gasteiger charge is 2.26. The summed E-state index contributed by atoms with van der Waals surface area (Å²) in [7, 11) is 0. The van der Waals surface area contributed by atoms with Crippen molar-refractivity contribution in [2.75, 3.05) is 0 Å². The lowest BCUT2D eigenvalue weighted by Crippen LogP contribution is -2.26. The summed E-state index contributed by atoms with van der Waals surface area (Å²) in [6.07, 6.45) is 4.96. The summed E-state index contributed by atoms with van der Waals surface area (Å²) in [6, 6.07) is 15.4. The molecule has 0 aliphatic carbocycles. The van der Waals surface area contributed by atoms with Crippen LogP contribution in [0, 0.1) is 28.9 Å². The van der Waals surface area contributed by atoms with Crippen molar-refractivity contribution in [2.45, 2.75) is 113 Å². The average molecular weight is 608 g/mol. The zero-order valence-electron chi connectivity index (χ0n) is 28.8.